The minimum Gasteiger partial charge on any atom is -0.487 e. The minimum absolute atomic E-state index is 0.00628. The van der Waals surface area contributed by atoms with Crippen LogP contribution in [0, 0.1) is 5.82 Å². The summed E-state index contributed by atoms with van der Waals surface area (Å²) in [6.07, 6.45) is 0. The Kier molecular flexibility index (Phi) is 3.31. The molecule has 1 rings (SSSR count). The van der Waals surface area contributed by atoms with E-state index in [-0.39, 0.29) is 24.0 Å². The van der Waals surface area contributed by atoms with Gasteiger partial charge in [-0.25, -0.2) is 4.39 Å². The molecule has 1 N–H and O–H groups in total. The van der Waals surface area contributed by atoms with E-state index in [2.05, 4.69) is 0 Å². The van der Waals surface area contributed by atoms with Crippen LogP contribution in [-0.4, -0.2) is 18.3 Å². The standard InChI is InChI=1S/C8H8ClFO2/c9-6-2-1-3-7(10)8(6)12-5-4-11/h1-3,11H,4-5H2. The maximum atomic E-state index is 12.9. The number of hydrogen-bond donors (Lipinski definition) is 1. The molecule has 0 aliphatic carbocycles. The van der Waals surface area contributed by atoms with E-state index in [4.69, 9.17) is 21.4 Å². The van der Waals surface area contributed by atoms with Gasteiger partial charge >= 0.3 is 0 Å². The third-order valence-electron chi connectivity index (χ3n) is 1.26. The zero-order valence-electron chi connectivity index (χ0n) is 6.26. The second-order valence-electron chi connectivity index (χ2n) is 2.12. The van der Waals surface area contributed by atoms with E-state index < -0.39 is 5.82 Å². The molecule has 0 atom stereocenters. The molecule has 0 radical (unpaired) electrons. The number of benzene rings is 1. The monoisotopic (exact) mass is 190 g/mol. The van der Waals surface area contributed by atoms with Gasteiger partial charge in [0.25, 0.3) is 0 Å². The van der Waals surface area contributed by atoms with Crippen molar-refractivity contribution < 1.29 is 14.2 Å². The lowest BCUT2D eigenvalue weighted by Crippen LogP contribution is -2.03. The van der Waals surface area contributed by atoms with Crippen LogP contribution in [0.3, 0.4) is 0 Å². The first-order chi connectivity index (χ1) is 5.75. The smallest absolute Gasteiger partial charge is 0.173 e. The van der Waals surface area contributed by atoms with Crippen LogP contribution in [0.2, 0.25) is 5.02 Å². The zero-order valence-corrected chi connectivity index (χ0v) is 7.01. The Labute approximate surface area is 74.5 Å². The van der Waals surface area contributed by atoms with Crippen molar-refractivity contribution in [2.45, 2.75) is 0 Å². The van der Waals surface area contributed by atoms with Gasteiger partial charge in [-0.3, -0.25) is 0 Å². The van der Waals surface area contributed by atoms with Gasteiger partial charge in [-0.1, -0.05) is 17.7 Å². The summed E-state index contributed by atoms with van der Waals surface area (Å²) >= 11 is 5.62. The van der Waals surface area contributed by atoms with Crippen molar-refractivity contribution in [1.82, 2.24) is 0 Å². The Morgan fingerprint density at radius 1 is 1.50 bits per heavy atom. The molecule has 0 saturated carbocycles. The fourth-order valence-electron chi connectivity index (χ4n) is 0.768. The van der Waals surface area contributed by atoms with Crippen molar-refractivity contribution in [3.05, 3.63) is 29.0 Å². The molecule has 1 aromatic carbocycles. The Balaban J connectivity index is 2.81. The molecule has 12 heavy (non-hydrogen) atoms. The molecule has 0 saturated heterocycles. The van der Waals surface area contributed by atoms with Gasteiger partial charge in [-0.2, -0.15) is 0 Å². The summed E-state index contributed by atoms with van der Waals surface area (Å²) in [7, 11) is 0. The highest BCUT2D eigenvalue weighted by molar-refractivity contribution is 6.32. The van der Waals surface area contributed by atoms with E-state index >= 15 is 0 Å². The molecule has 0 amide bonds. The van der Waals surface area contributed by atoms with Crippen LogP contribution in [0.5, 0.6) is 5.75 Å². The van der Waals surface area contributed by atoms with E-state index in [0.717, 1.165) is 0 Å². The number of ether oxygens (including phenoxy) is 1. The lowest BCUT2D eigenvalue weighted by Gasteiger charge is -2.06. The fraction of sp³-hybridized carbons (Fsp3) is 0.250. The third kappa shape index (κ3) is 2.09. The van der Waals surface area contributed by atoms with Crippen molar-refractivity contribution in [3.63, 3.8) is 0 Å². The largest absolute Gasteiger partial charge is 0.487 e. The molecule has 0 aliphatic heterocycles. The molecule has 0 fully saturated rings. The molecule has 0 spiro atoms. The van der Waals surface area contributed by atoms with Crippen molar-refractivity contribution in [2.24, 2.45) is 0 Å². The van der Waals surface area contributed by atoms with Crippen LogP contribution < -0.4 is 4.74 Å². The molecular formula is C8H8ClFO2. The van der Waals surface area contributed by atoms with Crippen LogP contribution in [-0.2, 0) is 0 Å². The first kappa shape index (κ1) is 9.29. The summed E-state index contributed by atoms with van der Waals surface area (Å²) in [6, 6.07) is 4.26. The number of halogens is 2. The molecular weight excluding hydrogens is 183 g/mol. The maximum absolute atomic E-state index is 12.9. The predicted molar refractivity (Wildman–Crippen MR) is 44.0 cm³/mol. The van der Waals surface area contributed by atoms with E-state index in [0.29, 0.717) is 0 Å². The van der Waals surface area contributed by atoms with E-state index in [1.165, 1.54) is 18.2 Å². The summed E-state index contributed by atoms with van der Waals surface area (Å²) in [6.45, 7) is -0.120. The first-order valence-corrected chi connectivity index (χ1v) is 3.81. The quantitative estimate of drug-likeness (QED) is 0.788. The van der Waals surface area contributed by atoms with Gasteiger partial charge in [-0.15, -0.1) is 0 Å². The lowest BCUT2D eigenvalue weighted by molar-refractivity contribution is 0.196. The predicted octanol–water partition coefficient (Wildman–Crippen LogP) is 1.85. The maximum Gasteiger partial charge on any atom is 0.173 e. The highest BCUT2D eigenvalue weighted by Crippen LogP contribution is 2.26. The van der Waals surface area contributed by atoms with Crippen LogP contribution >= 0.6 is 11.6 Å². The Hall–Kier alpha value is -0.800. The summed E-state index contributed by atoms with van der Waals surface area (Å²) in [4.78, 5) is 0. The SMILES string of the molecule is OCCOc1c(F)cccc1Cl. The minimum atomic E-state index is -0.518. The van der Waals surface area contributed by atoms with Crippen molar-refractivity contribution in [2.75, 3.05) is 13.2 Å². The van der Waals surface area contributed by atoms with Crippen molar-refractivity contribution >= 4 is 11.6 Å². The first-order valence-electron chi connectivity index (χ1n) is 3.43. The zero-order chi connectivity index (χ0) is 8.97. The highest BCUT2D eigenvalue weighted by atomic mass is 35.5. The van der Waals surface area contributed by atoms with Crippen molar-refractivity contribution in [1.29, 1.82) is 0 Å². The molecule has 0 aromatic heterocycles. The number of aliphatic hydroxyl groups is 1. The normalized spacial score (nSPS) is 9.92. The van der Waals surface area contributed by atoms with E-state index in [1.54, 1.807) is 0 Å². The van der Waals surface area contributed by atoms with Gasteiger partial charge in [0, 0.05) is 0 Å². The molecule has 0 aliphatic rings. The van der Waals surface area contributed by atoms with E-state index in [9.17, 15) is 4.39 Å². The van der Waals surface area contributed by atoms with Crippen LogP contribution in [0.15, 0.2) is 18.2 Å². The van der Waals surface area contributed by atoms with Gasteiger partial charge in [0.05, 0.1) is 11.6 Å². The van der Waals surface area contributed by atoms with Gasteiger partial charge in [0.1, 0.15) is 6.61 Å². The molecule has 66 valence electrons. The van der Waals surface area contributed by atoms with Gasteiger partial charge in [0.2, 0.25) is 0 Å². The van der Waals surface area contributed by atoms with Crippen molar-refractivity contribution in [3.8, 4) is 5.75 Å². The number of hydrogen-bond acceptors (Lipinski definition) is 2. The number of para-hydroxylation sites is 1. The number of aliphatic hydroxyl groups excluding tert-OH is 1. The average Bonchev–Trinajstić information content (AvgIpc) is 2.04. The summed E-state index contributed by atoms with van der Waals surface area (Å²) in [5.41, 5.74) is 0. The Morgan fingerprint density at radius 3 is 2.83 bits per heavy atom. The lowest BCUT2D eigenvalue weighted by atomic mass is 10.3. The summed E-state index contributed by atoms with van der Waals surface area (Å²) < 4.78 is 17.7. The van der Waals surface area contributed by atoms with Gasteiger partial charge in [-0.05, 0) is 12.1 Å². The van der Waals surface area contributed by atoms with Crippen LogP contribution in [0.25, 0.3) is 0 Å². The second-order valence-corrected chi connectivity index (χ2v) is 2.53. The van der Waals surface area contributed by atoms with Gasteiger partial charge in [0.15, 0.2) is 11.6 Å². The fourth-order valence-corrected chi connectivity index (χ4v) is 0.986. The average molecular weight is 191 g/mol. The van der Waals surface area contributed by atoms with Crippen LogP contribution in [0.4, 0.5) is 4.39 Å². The Bertz CT molecular complexity index is 245. The molecule has 0 bridgehead atoms. The second kappa shape index (κ2) is 4.28. The molecule has 4 heteroatoms. The molecule has 0 unspecified atom stereocenters. The third-order valence-corrected chi connectivity index (χ3v) is 1.55. The highest BCUT2D eigenvalue weighted by Gasteiger charge is 2.06. The molecule has 0 heterocycles. The molecule has 2 nitrogen and oxygen atoms in total. The number of rotatable bonds is 3. The Morgan fingerprint density at radius 2 is 2.25 bits per heavy atom. The molecule has 1 aromatic rings. The summed E-state index contributed by atoms with van der Waals surface area (Å²) in [5, 5.41) is 8.63. The van der Waals surface area contributed by atoms with E-state index in [1.807, 2.05) is 0 Å². The van der Waals surface area contributed by atoms with Crippen LogP contribution in [0.1, 0.15) is 0 Å². The topological polar surface area (TPSA) is 29.5 Å². The summed E-state index contributed by atoms with van der Waals surface area (Å²) in [5.74, 6) is -0.524. The van der Waals surface area contributed by atoms with Gasteiger partial charge < -0.3 is 9.84 Å².